The van der Waals surface area contributed by atoms with Crippen molar-refractivity contribution >= 4 is 17.5 Å². The topological polar surface area (TPSA) is 51.4 Å². The third-order valence-corrected chi connectivity index (χ3v) is 5.23. The second-order valence-electron chi connectivity index (χ2n) is 7.36. The van der Waals surface area contributed by atoms with Crippen molar-refractivity contribution in [1.82, 2.24) is 15.1 Å². The number of aryl methyl sites for hydroxylation is 2. The highest BCUT2D eigenvalue weighted by molar-refractivity contribution is 6.31. The first-order valence-corrected chi connectivity index (χ1v) is 9.81. The standard InChI is InChI=1S/C22H24ClFN4O/c1-14-12-15(2)28(26-14)17-10-8-16(9-11-17)22(29)25-13-20(27(3)4)21-18(23)6-5-7-19(21)24/h5-12,20H,13H2,1-4H3,(H,25,29)/p+1/t20-/m0/s1. The van der Waals surface area contributed by atoms with E-state index in [1.165, 1.54) is 6.07 Å². The molecule has 2 N–H and O–H groups in total. The van der Waals surface area contributed by atoms with Gasteiger partial charge in [0.2, 0.25) is 0 Å². The van der Waals surface area contributed by atoms with Gasteiger partial charge in [-0.1, -0.05) is 17.7 Å². The first kappa shape index (κ1) is 21.0. The second kappa shape index (κ2) is 8.76. The van der Waals surface area contributed by atoms with Gasteiger partial charge in [-0.15, -0.1) is 0 Å². The SMILES string of the molecule is Cc1cc(C)n(-c2ccc(C(=O)NC[C@@H](c3c(F)cccc3Cl)[NH+](C)C)cc2)n1. The number of likely N-dealkylation sites (N-methyl/N-ethyl adjacent to an activating group) is 1. The van der Waals surface area contributed by atoms with E-state index >= 15 is 0 Å². The summed E-state index contributed by atoms with van der Waals surface area (Å²) in [6.45, 7) is 4.19. The summed E-state index contributed by atoms with van der Waals surface area (Å²) in [5.74, 6) is -0.587. The third kappa shape index (κ3) is 4.66. The average Bonchev–Trinajstić information content (AvgIpc) is 3.01. The molecule has 29 heavy (non-hydrogen) atoms. The van der Waals surface area contributed by atoms with Gasteiger partial charge < -0.3 is 10.2 Å². The fraction of sp³-hybridized carbons (Fsp3) is 0.273. The lowest BCUT2D eigenvalue weighted by atomic mass is 10.0. The summed E-state index contributed by atoms with van der Waals surface area (Å²) in [7, 11) is 3.81. The average molecular weight is 416 g/mol. The molecular formula is C22H25ClFN4O+. The minimum atomic E-state index is -0.368. The van der Waals surface area contributed by atoms with Gasteiger partial charge in [-0.25, -0.2) is 9.07 Å². The highest BCUT2D eigenvalue weighted by Gasteiger charge is 2.25. The van der Waals surface area contributed by atoms with E-state index in [2.05, 4.69) is 10.4 Å². The number of halogens is 2. The van der Waals surface area contributed by atoms with Crippen molar-refractivity contribution in [3.63, 3.8) is 0 Å². The lowest BCUT2D eigenvalue weighted by Crippen LogP contribution is -3.07. The number of benzene rings is 2. The van der Waals surface area contributed by atoms with Crippen molar-refractivity contribution in [2.75, 3.05) is 20.6 Å². The molecule has 1 atom stereocenters. The van der Waals surface area contributed by atoms with Crippen molar-refractivity contribution in [3.05, 3.63) is 81.9 Å². The van der Waals surface area contributed by atoms with Gasteiger partial charge in [0.15, 0.2) is 0 Å². The van der Waals surface area contributed by atoms with Gasteiger partial charge in [-0.3, -0.25) is 4.79 Å². The van der Waals surface area contributed by atoms with Crippen molar-refractivity contribution in [1.29, 1.82) is 0 Å². The summed E-state index contributed by atoms with van der Waals surface area (Å²) in [4.78, 5) is 13.6. The molecule has 1 amide bonds. The molecule has 0 aliphatic heterocycles. The minimum absolute atomic E-state index is 0.219. The van der Waals surface area contributed by atoms with Crippen molar-refractivity contribution < 1.29 is 14.1 Å². The van der Waals surface area contributed by atoms with Crippen LogP contribution in [0.2, 0.25) is 5.02 Å². The van der Waals surface area contributed by atoms with Crippen LogP contribution in [0.5, 0.6) is 0 Å². The van der Waals surface area contributed by atoms with E-state index in [-0.39, 0.29) is 24.3 Å². The van der Waals surface area contributed by atoms with Crippen molar-refractivity contribution in [2.45, 2.75) is 19.9 Å². The molecule has 3 rings (SSSR count). The lowest BCUT2D eigenvalue weighted by Gasteiger charge is -2.23. The normalized spacial score (nSPS) is 12.2. The molecule has 152 valence electrons. The third-order valence-electron chi connectivity index (χ3n) is 4.90. The fourth-order valence-corrected chi connectivity index (χ4v) is 3.67. The highest BCUT2D eigenvalue weighted by Crippen LogP contribution is 2.24. The van der Waals surface area contributed by atoms with Crippen LogP contribution in [0.25, 0.3) is 5.69 Å². The van der Waals surface area contributed by atoms with Gasteiger partial charge in [0.1, 0.15) is 11.9 Å². The molecule has 0 saturated heterocycles. The number of rotatable bonds is 6. The quantitative estimate of drug-likeness (QED) is 0.650. The molecule has 0 saturated carbocycles. The Balaban J connectivity index is 1.73. The monoisotopic (exact) mass is 415 g/mol. The van der Waals surface area contributed by atoms with Gasteiger partial charge in [-0.2, -0.15) is 5.10 Å². The minimum Gasteiger partial charge on any atom is -0.346 e. The number of nitrogens with zero attached hydrogens (tertiary/aromatic N) is 2. The van der Waals surface area contributed by atoms with Crippen LogP contribution in [0, 0.1) is 19.7 Å². The number of carbonyl (C=O) groups excluding carboxylic acids is 1. The van der Waals surface area contributed by atoms with Crippen LogP contribution in [0.4, 0.5) is 4.39 Å². The molecule has 1 aromatic heterocycles. The molecule has 0 fully saturated rings. The number of hydrogen-bond acceptors (Lipinski definition) is 2. The maximum Gasteiger partial charge on any atom is 0.251 e. The number of nitrogens with one attached hydrogen (secondary N) is 2. The summed E-state index contributed by atoms with van der Waals surface area (Å²) >= 11 is 6.22. The molecule has 1 heterocycles. The highest BCUT2D eigenvalue weighted by atomic mass is 35.5. The molecule has 5 nitrogen and oxygen atoms in total. The van der Waals surface area contributed by atoms with Crippen LogP contribution in [-0.2, 0) is 0 Å². The lowest BCUT2D eigenvalue weighted by molar-refractivity contribution is -0.890. The van der Waals surface area contributed by atoms with E-state index in [1.54, 1.807) is 24.3 Å². The van der Waals surface area contributed by atoms with E-state index in [1.807, 2.05) is 50.8 Å². The fourth-order valence-electron chi connectivity index (χ4n) is 3.38. The molecular weight excluding hydrogens is 391 g/mol. The Morgan fingerprint density at radius 2 is 1.90 bits per heavy atom. The Morgan fingerprint density at radius 1 is 1.21 bits per heavy atom. The van der Waals surface area contributed by atoms with E-state index in [0.29, 0.717) is 16.1 Å². The van der Waals surface area contributed by atoms with Crippen LogP contribution in [0.15, 0.2) is 48.5 Å². The zero-order valence-electron chi connectivity index (χ0n) is 17.0. The van der Waals surface area contributed by atoms with Gasteiger partial charge in [0.25, 0.3) is 5.91 Å². The Morgan fingerprint density at radius 3 is 2.45 bits per heavy atom. The van der Waals surface area contributed by atoms with Crippen LogP contribution in [0.3, 0.4) is 0 Å². The van der Waals surface area contributed by atoms with Gasteiger partial charge in [0.05, 0.1) is 42.6 Å². The Labute approximate surface area is 175 Å². The molecule has 0 spiro atoms. The zero-order chi connectivity index (χ0) is 21.1. The number of hydrogen-bond donors (Lipinski definition) is 2. The molecule has 0 unspecified atom stereocenters. The van der Waals surface area contributed by atoms with E-state index in [9.17, 15) is 9.18 Å². The Bertz CT molecular complexity index is 994. The van der Waals surface area contributed by atoms with E-state index in [4.69, 9.17) is 11.6 Å². The summed E-state index contributed by atoms with van der Waals surface area (Å²) in [5, 5.41) is 7.71. The van der Waals surface area contributed by atoms with Crippen molar-refractivity contribution in [2.24, 2.45) is 0 Å². The van der Waals surface area contributed by atoms with Crippen LogP contribution >= 0.6 is 11.6 Å². The summed E-state index contributed by atoms with van der Waals surface area (Å²) in [6.07, 6.45) is 0. The predicted octanol–water partition coefficient (Wildman–Crippen LogP) is 2.90. The molecule has 2 aromatic carbocycles. The van der Waals surface area contributed by atoms with Crippen LogP contribution in [0.1, 0.15) is 33.4 Å². The number of quaternary nitrogens is 1. The van der Waals surface area contributed by atoms with E-state index < -0.39 is 0 Å². The first-order valence-electron chi connectivity index (χ1n) is 9.43. The molecule has 0 aliphatic rings. The largest absolute Gasteiger partial charge is 0.346 e. The molecule has 7 heteroatoms. The van der Waals surface area contributed by atoms with Crippen LogP contribution < -0.4 is 10.2 Å². The number of carbonyl (C=O) groups is 1. The molecule has 0 aliphatic carbocycles. The van der Waals surface area contributed by atoms with Gasteiger partial charge in [-0.05, 0) is 56.3 Å². The summed E-state index contributed by atoms with van der Waals surface area (Å²) < 4.78 is 16.2. The Hall–Kier alpha value is -2.70. The van der Waals surface area contributed by atoms with E-state index in [0.717, 1.165) is 22.0 Å². The van der Waals surface area contributed by atoms with Gasteiger partial charge >= 0.3 is 0 Å². The zero-order valence-corrected chi connectivity index (χ0v) is 17.7. The summed E-state index contributed by atoms with van der Waals surface area (Å²) in [5.41, 5.74) is 3.80. The second-order valence-corrected chi connectivity index (χ2v) is 7.77. The molecule has 3 aromatic rings. The van der Waals surface area contributed by atoms with Crippen molar-refractivity contribution in [3.8, 4) is 5.69 Å². The molecule has 0 bridgehead atoms. The summed E-state index contributed by atoms with van der Waals surface area (Å²) in [6, 6.07) is 13.6. The number of aromatic nitrogens is 2. The molecule has 0 radical (unpaired) electrons. The van der Waals surface area contributed by atoms with Gasteiger partial charge in [0, 0.05) is 11.3 Å². The Kier molecular flexibility index (Phi) is 6.35. The smallest absolute Gasteiger partial charge is 0.251 e. The van der Waals surface area contributed by atoms with Crippen LogP contribution in [-0.4, -0.2) is 36.3 Å². The maximum atomic E-state index is 14.3. The maximum absolute atomic E-state index is 14.3. The predicted molar refractivity (Wildman–Crippen MR) is 112 cm³/mol. The number of amides is 1. The first-order chi connectivity index (χ1) is 13.8.